The summed E-state index contributed by atoms with van der Waals surface area (Å²) in [6.45, 7) is 2.33. The summed E-state index contributed by atoms with van der Waals surface area (Å²) < 4.78 is 0. The van der Waals surface area contributed by atoms with E-state index in [-0.39, 0.29) is 16.2 Å². The van der Waals surface area contributed by atoms with Gasteiger partial charge in [-0.25, -0.2) is 0 Å². The van der Waals surface area contributed by atoms with Crippen LogP contribution < -0.4 is 0 Å². The Balaban J connectivity index is 1.22. The maximum Gasteiger partial charge on any atom is 0.127 e. The number of phenolic OH excluding ortho intramolecular Hbond substituents is 2. The summed E-state index contributed by atoms with van der Waals surface area (Å²) >= 11 is 0. The van der Waals surface area contributed by atoms with Crippen molar-refractivity contribution in [2.24, 2.45) is 53.3 Å². The second kappa shape index (κ2) is 9.69. The molecule has 12 bridgehead atoms. The van der Waals surface area contributed by atoms with Crippen LogP contribution in [-0.4, -0.2) is 10.2 Å². The number of benzene rings is 1. The molecule has 0 saturated heterocycles. The molecule has 12 saturated carbocycles. The number of phenols is 2. The number of aromatic hydroxyl groups is 2. The molecule has 0 radical (unpaired) electrons. The van der Waals surface area contributed by atoms with Gasteiger partial charge in [-0.3, -0.25) is 0 Å². The van der Waals surface area contributed by atoms with E-state index < -0.39 is 0 Å². The Hall–Kier alpha value is -1.18. The summed E-state index contributed by atoms with van der Waals surface area (Å²) in [5.41, 5.74) is 5.99. The van der Waals surface area contributed by atoms with E-state index in [1.807, 2.05) is 0 Å². The Bertz CT molecular complexity index is 1230. The summed E-state index contributed by atoms with van der Waals surface area (Å²) in [6.07, 6.45) is 30.8. The third kappa shape index (κ3) is 3.96. The van der Waals surface area contributed by atoms with Gasteiger partial charge in [0.2, 0.25) is 0 Å². The van der Waals surface area contributed by atoms with Gasteiger partial charge in [-0.05, 0) is 198 Å². The summed E-state index contributed by atoms with van der Waals surface area (Å²) in [5, 5.41) is 26.2. The molecule has 1 aromatic carbocycles. The third-order valence-electron chi connectivity index (χ3n) is 16.5. The molecule has 2 heteroatoms. The van der Waals surface area contributed by atoms with E-state index in [0.29, 0.717) is 11.5 Å². The molecule has 0 aromatic heterocycles. The number of unbranched alkanes of at least 4 members (excludes halogenated alkanes) is 3. The van der Waals surface area contributed by atoms with Crippen LogP contribution in [0.5, 0.6) is 11.5 Å². The number of hydrogen-bond acceptors (Lipinski definition) is 2. The van der Waals surface area contributed by atoms with Crippen molar-refractivity contribution in [3.8, 4) is 11.5 Å². The molecular formula is C42H60O2. The molecule has 0 heterocycles. The molecule has 0 spiro atoms. The molecule has 13 rings (SSSR count). The van der Waals surface area contributed by atoms with Crippen molar-refractivity contribution in [1.29, 1.82) is 0 Å². The quantitative estimate of drug-likeness (QED) is 0.293. The standard InChI is InChI=1S/C42H60O2/c1-2-3-4-5-6-34-35(40-16-25-7-26(17-40)9-27(8-25)18-40)36(41-19-28-10-29(20-41)12-30(11-28)21-41)39(44)37(38(34)43)42-22-31-13-32(23-42)15-33(14-31)24-42/h25-33,43-44H,2-24H2,1H3. The lowest BCUT2D eigenvalue weighted by Gasteiger charge is -2.62. The third-order valence-corrected chi connectivity index (χ3v) is 16.5. The molecule has 2 N–H and O–H groups in total. The molecule has 12 aliphatic rings. The average Bonchev–Trinajstić information content (AvgIpc) is 2.93. The smallest absolute Gasteiger partial charge is 0.127 e. The van der Waals surface area contributed by atoms with Crippen molar-refractivity contribution in [1.82, 2.24) is 0 Å². The summed E-state index contributed by atoms with van der Waals surface area (Å²) in [7, 11) is 0. The van der Waals surface area contributed by atoms with Gasteiger partial charge in [-0.15, -0.1) is 0 Å². The fraction of sp³-hybridized carbons (Fsp3) is 0.857. The molecule has 12 aliphatic carbocycles. The van der Waals surface area contributed by atoms with E-state index in [2.05, 4.69) is 6.92 Å². The monoisotopic (exact) mass is 596 g/mol. The van der Waals surface area contributed by atoms with Crippen LogP contribution >= 0.6 is 0 Å². The van der Waals surface area contributed by atoms with Crippen molar-refractivity contribution in [2.45, 2.75) is 171 Å². The normalized spacial score (nSPS) is 49.0. The van der Waals surface area contributed by atoms with Crippen LogP contribution in [-0.2, 0) is 22.7 Å². The van der Waals surface area contributed by atoms with Gasteiger partial charge in [0, 0.05) is 22.0 Å². The fourth-order valence-corrected chi connectivity index (χ4v) is 16.6. The van der Waals surface area contributed by atoms with Gasteiger partial charge >= 0.3 is 0 Å². The zero-order valence-electron chi connectivity index (χ0n) is 27.9. The van der Waals surface area contributed by atoms with Gasteiger partial charge < -0.3 is 10.2 Å². The minimum Gasteiger partial charge on any atom is -0.507 e. The first-order valence-electron chi connectivity index (χ1n) is 20.0. The Morgan fingerprint density at radius 3 is 1.14 bits per heavy atom. The lowest BCUT2D eigenvalue weighted by Crippen LogP contribution is -2.53. The van der Waals surface area contributed by atoms with E-state index in [9.17, 15) is 10.2 Å². The Kier molecular flexibility index (Phi) is 6.14. The van der Waals surface area contributed by atoms with E-state index in [1.165, 1.54) is 152 Å². The molecular weight excluding hydrogens is 536 g/mol. The Labute approximate surface area is 267 Å². The highest BCUT2D eigenvalue weighted by Gasteiger charge is 2.60. The van der Waals surface area contributed by atoms with Crippen LogP contribution in [0.25, 0.3) is 0 Å². The van der Waals surface area contributed by atoms with Gasteiger partial charge in [-0.2, -0.15) is 0 Å². The molecule has 1 aromatic rings. The van der Waals surface area contributed by atoms with Crippen LogP contribution in [0, 0.1) is 53.3 Å². The lowest BCUT2D eigenvalue weighted by molar-refractivity contribution is -0.0204. The highest BCUT2D eigenvalue weighted by molar-refractivity contribution is 5.66. The van der Waals surface area contributed by atoms with Crippen LogP contribution in [0.2, 0.25) is 0 Å². The van der Waals surface area contributed by atoms with Gasteiger partial charge in [0.1, 0.15) is 11.5 Å². The number of hydrogen-bond donors (Lipinski definition) is 2. The molecule has 2 nitrogen and oxygen atoms in total. The van der Waals surface area contributed by atoms with Gasteiger partial charge in [0.05, 0.1) is 0 Å². The van der Waals surface area contributed by atoms with E-state index >= 15 is 0 Å². The Morgan fingerprint density at radius 1 is 0.432 bits per heavy atom. The molecule has 240 valence electrons. The largest absolute Gasteiger partial charge is 0.507 e. The van der Waals surface area contributed by atoms with Crippen LogP contribution in [0.1, 0.15) is 170 Å². The van der Waals surface area contributed by atoms with Crippen molar-refractivity contribution >= 4 is 0 Å². The van der Waals surface area contributed by atoms with Crippen molar-refractivity contribution in [3.63, 3.8) is 0 Å². The van der Waals surface area contributed by atoms with Crippen LogP contribution in [0.15, 0.2) is 0 Å². The SMILES string of the molecule is CCCCCCc1c(O)c(C23CC4CC(CC(C4)C2)C3)c(O)c(C23CC4CC(CC(C4)C2)C3)c1C12CC3CC(CC(C3)C1)C2. The maximum absolute atomic E-state index is 13.2. The Morgan fingerprint density at radius 2 is 0.773 bits per heavy atom. The molecule has 44 heavy (non-hydrogen) atoms. The number of rotatable bonds is 8. The topological polar surface area (TPSA) is 40.5 Å². The minimum absolute atomic E-state index is 0.0259. The van der Waals surface area contributed by atoms with Crippen molar-refractivity contribution in [3.05, 3.63) is 22.3 Å². The first kappa shape index (κ1) is 27.9. The van der Waals surface area contributed by atoms with Crippen LogP contribution in [0.4, 0.5) is 0 Å². The van der Waals surface area contributed by atoms with Gasteiger partial charge in [0.15, 0.2) is 0 Å². The zero-order valence-corrected chi connectivity index (χ0v) is 27.9. The summed E-state index contributed by atoms with van der Waals surface area (Å²) in [4.78, 5) is 0. The molecule has 0 aliphatic heterocycles. The highest BCUT2D eigenvalue weighted by atomic mass is 16.3. The second-order valence-corrected chi connectivity index (χ2v) is 19.7. The van der Waals surface area contributed by atoms with Crippen molar-refractivity contribution < 1.29 is 10.2 Å². The van der Waals surface area contributed by atoms with E-state index in [4.69, 9.17) is 0 Å². The molecule has 0 amide bonds. The first-order chi connectivity index (χ1) is 21.3. The predicted octanol–water partition coefficient (Wildman–Crippen LogP) is 10.6. The van der Waals surface area contributed by atoms with Crippen LogP contribution in [0.3, 0.4) is 0 Å². The lowest BCUT2D eigenvalue weighted by atomic mass is 9.42. The first-order valence-corrected chi connectivity index (χ1v) is 20.0. The predicted molar refractivity (Wildman–Crippen MR) is 177 cm³/mol. The van der Waals surface area contributed by atoms with E-state index in [1.54, 1.807) is 5.56 Å². The van der Waals surface area contributed by atoms with Crippen molar-refractivity contribution in [2.75, 3.05) is 0 Å². The highest BCUT2D eigenvalue weighted by Crippen LogP contribution is 2.71. The fourth-order valence-electron chi connectivity index (χ4n) is 16.6. The zero-order chi connectivity index (χ0) is 29.4. The molecule has 0 unspecified atom stereocenters. The average molecular weight is 597 g/mol. The summed E-state index contributed by atoms with van der Waals surface area (Å²) in [5.74, 6) is 9.01. The summed E-state index contributed by atoms with van der Waals surface area (Å²) in [6, 6.07) is 0. The maximum atomic E-state index is 13.2. The second-order valence-electron chi connectivity index (χ2n) is 19.7. The molecule has 0 atom stereocenters. The minimum atomic E-state index is 0.0259. The van der Waals surface area contributed by atoms with Gasteiger partial charge in [0.25, 0.3) is 0 Å². The van der Waals surface area contributed by atoms with Gasteiger partial charge in [-0.1, -0.05) is 26.2 Å². The van der Waals surface area contributed by atoms with E-state index in [0.717, 1.165) is 65.2 Å². The molecule has 12 fully saturated rings.